The van der Waals surface area contributed by atoms with Crippen LogP contribution in [0.3, 0.4) is 0 Å². The predicted octanol–water partition coefficient (Wildman–Crippen LogP) is 1.39. The summed E-state index contributed by atoms with van der Waals surface area (Å²) in [4.78, 5) is 8.41. The average molecular weight is 321 g/mol. The van der Waals surface area contributed by atoms with Gasteiger partial charge >= 0.3 is 8.25 Å². The topological polar surface area (TPSA) is 119 Å². The van der Waals surface area contributed by atoms with Crippen LogP contribution in [0.25, 0.3) is 10.1 Å². The molecule has 0 saturated heterocycles. The lowest BCUT2D eigenvalue weighted by molar-refractivity contribution is 0.278. The molecule has 1 heterocycles. The Kier molecular flexibility index (Phi) is 4.14. The Bertz CT molecular complexity index is 727. The fraction of sp³-hybridized carbons (Fsp3) is 0.111. The first-order valence-electron chi connectivity index (χ1n) is 4.96. The van der Waals surface area contributed by atoms with Crippen LogP contribution in [0.1, 0.15) is 0 Å². The molecule has 2 aromatic rings. The molecule has 0 spiro atoms. The van der Waals surface area contributed by atoms with Crippen molar-refractivity contribution in [3.05, 3.63) is 24.3 Å². The summed E-state index contributed by atoms with van der Waals surface area (Å²) in [6.07, 6.45) is 0. The molecule has 1 atom stereocenters. The maximum Gasteiger partial charge on any atom is 0.696 e. The first kappa shape index (κ1) is 14.3. The van der Waals surface area contributed by atoms with Crippen molar-refractivity contribution < 1.29 is 22.4 Å². The van der Waals surface area contributed by atoms with Gasteiger partial charge in [0.05, 0.1) is 0 Å². The van der Waals surface area contributed by atoms with Crippen LogP contribution in [0.5, 0.6) is 0 Å². The third-order valence-electron chi connectivity index (χ3n) is 2.21. The number of nitrogen functional groups attached to an aromatic ring is 1. The second-order valence-corrected chi connectivity index (χ2v) is 7.33. The van der Waals surface area contributed by atoms with Crippen LogP contribution in [0.15, 0.2) is 28.5 Å². The molecule has 0 aliphatic carbocycles. The van der Waals surface area contributed by atoms with E-state index in [1.165, 1.54) is 6.07 Å². The molecule has 0 saturated carbocycles. The minimum Gasteiger partial charge on any atom is -0.399 e. The number of hydrogen-bond donors (Lipinski definition) is 3. The van der Waals surface area contributed by atoms with E-state index in [0.717, 1.165) is 21.4 Å². The molecule has 19 heavy (non-hydrogen) atoms. The van der Waals surface area contributed by atoms with Gasteiger partial charge in [0.1, 0.15) is 4.21 Å². The highest BCUT2D eigenvalue weighted by Crippen LogP contribution is 2.30. The van der Waals surface area contributed by atoms with Crippen LogP contribution < -0.4 is 10.5 Å². The number of hydrogen-bond acceptors (Lipinski definition) is 6. The quantitative estimate of drug-likeness (QED) is 0.435. The summed E-state index contributed by atoms with van der Waals surface area (Å²) < 4.78 is 41.2. The van der Waals surface area contributed by atoms with Gasteiger partial charge in [0.15, 0.2) is 6.73 Å². The maximum absolute atomic E-state index is 11.9. The third-order valence-corrected chi connectivity index (χ3v) is 5.52. The van der Waals surface area contributed by atoms with Crippen molar-refractivity contribution in [3.63, 3.8) is 0 Å². The summed E-state index contributed by atoms with van der Waals surface area (Å²) in [7, 11) is -6.60. The molecule has 1 unspecified atom stereocenters. The van der Waals surface area contributed by atoms with E-state index in [1.807, 2.05) is 0 Å². The second kappa shape index (κ2) is 5.49. The number of benzene rings is 1. The summed E-state index contributed by atoms with van der Waals surface area (Å²) in [6, 6.07) is 6.57. The number of fused-ring (bicyclic) bond motifs is 1. The average Bonchev–Trinajstić information content (AvgIpc) is 2.71. The highest BCUT2D eigenvalue weighted by atomic mass is 32.2. The summed E-state index contributed by atoms with van der Waals surface area (Å²) in [5.41, 5.74) is 6.16. The highest BCUT2D eigenvalue weighted by molar-refractivity contribution is 7.91. The molecule has 102 valence electrons. The van der Waals surface area contributed by atoms with Crippen molar-refractivity contribution in [3.8, 4) is 0 Å². The van der Waals surface area contributed by atoms with E-state index in [1.54, 1.807) is 18.2 Å². The van der Waals surface area contributed by atoms with Gasteiger partial charge in [-0.15, -0.1) is 20.8 Å². The highest BCUT2D eigenvalue weighted by Gasteiger charge is 2.20. The Hall–Kier alpha value is -1.09. The number of nitrogens with two attached hydrogens (primary N) is 1. The van der Waals surface area contributed by atoms with E-state index in [4.69, 9.17) is 10.6 Å². The van der Waals surface area contributed by atoms with Gasteiger partial charge in [-0.3, -0.25) is 0 Å². The molecule has 4 N–H and O–H groups in total. The SMILES string of the molecule is Nc1ccc2sc(S(=O)(=O)NCO[P+](=O)O)cc2c1. The molecule has 0 aliphatic rings. The largest absolute Gasteiger partial charge is 0.696 e. The molecule has 1 aromatic heterocycles. The van der Waals surface area contributed by atoms with Crippen molar-refractivity contribution >= 4 is 45.4 Å². The molecule has 0 bridgehead atoms. The maximum atomic E-state index is 11.9. The van der Waals surface area contributed by atoms with Crippen molar-refractivity contribution in [2.24, 2.45) is 0 Å². The Balaban J connectivity index is 2.25. The number of anilines is 1. The van der Waals surface area contributed by atoms with Gasteiger partial charge in [0.25, 0.3) is 10.0 Å². The van der Waals surface area contributed by atoms with E-state index in [-0.39, 0.29) is 4.21 Å². The molecule has 2 rings (SSSR count). The smallest absolute Gasteiger partial charge is 0.399 e. The summed E-state index contributed by atoms with van der Waals surface area (Å²) in [5.74, 6) is 0. The van der Waals surface area contributed by atoms with Crippen LogP contribution in [-0.2, 0) is 19.1 Å². The molecular formula is C9H10N2O5PS2+. The summed E-state index contributed by atoms with van der Waals surface area (Å²) in [5, 5.41) is 0.722. The standard InChI is InChI=1S/C9H9N2O5PS2/c10-7-1-2-8-6(3-7)4-9(18-8)19(14,15)11-5-16-17(12)13/h1-4,11H,5,10H2/p+1. The lowest BCUT2D eigenvalue weighted by Gasteiger charge is -1.98. The Morgan fingerprint density at radius 1 is 1.42 bits per heavy atom. The predicted molar refractivity (Wildman–Crippen MR) is 72.3 cm³/mol. The van der Waals surface area contributed by atoms with Gasteiger partial charge in [-0.1, -0.05) is 0 Å². The van der Waals surface area contributed by atoms with Gasteiger partial charge in [-0.05, 0) is 29.7 Å². The van der Waals surface area contributed by atoms with Crippen molar-refractivity contribution in [1.29, 1.82) is 0 Å². The van der Waals surface area contributed by atoms with E-state index < -0.39 is 25.0 Å². The Morgan fingerprint density at radius 2 is 2.16 bits per heavy atom. The van der Waals surface area contributed by atoms with Crippen molar-refractivity contribution in [2.75, 3.05) is 12.5 Å². The minimum absolute atomic E-state index is 0.0878. The number of sulfonamides is 1. The first-order chi connectivity index (χ1) is 8.88. The number of thiophene rings is 1. The van der Waals surface area contributed by atoms with Gasteiger partial charge in [-0.2, -0.15) is 4.72 Å². The molecule has 1 aromatic carbocycles. The molecule has 0 aliphatic heterocycles. The van der Waals surface area contributed by atoms with E-state index in [9.17, 15) is 13.0 Å². The zero-order chi connectivity index (χ0) is 14.0. The molecule has 10 heteroatoms. The fourth-order valence-corrected chi connectivity index (χ4v) is 3.96. The second-order valence-electron chi connectivity index (χ2n) is 3.52. The molecule has 0 amide bonds. The molecular weight excluding hydrogens is 311 g/mol. The Morgan fingerprint density at radius 3 is 2.84 bits per heavy atom. The van der Waals surface area contributed by atoms with E-state index >= 15 is 0 Å². The number of rotatable bonds is 5. The van der Waals surface area contributed by atoms with Gasteiger partial charge in [0.2, 0.25) is 0 Å². The monoisotopic (exact) mass is 321 g/mol. The lowest BCUT2D eigenvalue weighted by Crippen LogP contribution is -2.24. The zero-order valence-electron chi connectivity index (χ0n) is 9.44. The fourth-order valence-electron chi connectivity index (χ4n) is 1.40. The lowest BCUT2D eigenvalue weighted by atomic mass is 10.2. The third kappa shape index (κ3) is 3.47. The molecule has 7 nitrogen and oxygen atoms in total. The van der Waals surface area contributed by atoms with E-state index in [0.29, 0.717) is 5.69 Å². The van der Waals surface area contributed by atoms with Crippen LogP contribution >= 0.6 is 19.6 Å². The molecule has 0 fully saturated rings. The van der Waals surface area contributed by atoms with Crippen molar-refractivity contribution in [1.82, 2.24) is 4.72 Å². The normalized spacial score (nSPS) is 12.8. The van der Waals surface area contributed by atoms with Crippen LogP contribution in [0.2, 0.25) is 0 Å². The zero-order valence-corrected chi connectivity index (χ0v) is 12.0. The first-order valence-corrected chi connectivity index (χ1v) is 8.39. The Labute approximate surface area is 114 Å². The van der Waals surface area contributed by atoms with E-state index in [2.05, 4.69) is 9.25 Å². The van der Waals surface area contributed by atoms with Gasteiger partial charge in [0, 0.05) is 15.0 Å². The minimum atomic E-state index is -3.77. The van der Waals surface area contributed by atoms with Crippen molar-refractivity contribution in [2.45, 2.75) is 4.21 Å². The number of nitrogens with one attached hydrogen (secondary N) is 1. The summed E-state index contributed by atoms with van der Waals surface area (Å²) >= 11 is 1.07. The molecule has 0 radical (unpaired) electrons. The van der Waals surface area contributed by atoms with Crippen LogP contribution in [0, 0.1) is 0 Å². The van der Waals surface area contributed by atoms with Gasteiger partial charge in [-0.25, -0.2) is 8.42 Å². The van der Waals surface area contributed by atoms with Crippen LogP contribution in [0.4, 0.5) is 5.69 Å². The van der Waals surface area contributed by atoms with Crippen LogP contribution in [-0.4, -0.2) is 20.0 Å². The van der Waals surface area contributed by atoms with Gasteiger partial charge < -0.3 is 5.73 Å². The summed E-state index contributed by atoms with van der Waals surface area (Å²) in [6.45, 7) is -0.565.